The van der Waals surface area contributed by atoms with Gasteiger partial charge in [-0.15, -0.1) is 0 Å². The van der Waals surface area contributed by atoms with E-state index in [2.05, 4.69) is 10.2 Å². The van der Waals surface area contributed by atoms with Gasteiger partial charge in [0.15, 0.2) is 0 Å². The van der Waals surface area contributed by atoms with Crippen LogP contribution in [0.2, 0.25) is 0 Å². The fourth-order valence-electron chi connectivity index (χ4n) is 1.30. The molecule has 5 heteroatoms. The van der Waals surface area contributed by atoms with Crippen LogP contribution >= 0.6 is 0 Å². The average Bonchev–Trinajstić information content (AvgIpc) is 2.37. The van der Waals surface area contributed by atoms with Gasteiger partial charge in [-0.2, -0.15) is 0 Å². The number of nitrogens with zero attached hydrogens (tertiary/aromatic N) is 1. The molecule has 0 heterocycles. The molecule has 18 heavy (non-hydrogen) atoms. The third kappa shape index (κ3) is 4.26. The van der Waals surface area contributed by atoms with Crippen molar-refractivity contribution < 1.29 is 14.3 Å². The lowest BCUT2D eigenvalue weighted by Crippen LogP contribution is -2.24. The summed E-state index contributed by atoms with van der Waals surface area (Å²) in [5.74, 6) is -0.666. The van der Waals surface area contributed by atoms with Gasteiger partial charge in [0.25, 0.3) is 12.5 Å². The lowest BCUT2D eigenvalue weighted by molar-refractivity contribution is -0.119. The summed E-state index contributed by atoms with van der Waals surface area (Å²) in [7, 11) is 0. The molecule has 1 amide bonds. The maximum Gasteiger partial charge on any atom is 0.338 e. The Kier molecular flexibility index (Phi) is 5.39. The number of nitrogens with one attached hydrogen (secondary N) is 1. The average molecular weight is 246 g/mol. The maximum absolute atomic E-state index is 11.4. The number of carbonyl (C=O) groups excluding carboxylic acids is 2. The van der Waals surface area contributed by atoms with Crippen LogP contribution in [-0.4, -0.2) is 25.0 Å². The molecule has 0 spiro atoms. The van der Waals surface area contributed by atoms with E-state index >= 15 is 0 Å². The Hall–Kier alpha value is -2.35. The van der Waals surface area contributed by atoms with E-state index in [1.165, 1.54) is 0 Å². The van der Waals surface area contributed by atoms with Crippen LogP contribution < -0.4 is 5.32 Å². The lowest BCUT2D eigenvalue weighted by Gasteiger charge is -2.04. The van der Waals surface area contributed by atoms with Crippen molar-refractivity contribution >= 4 is 11.9 Å². The van der Waals surface area contributed by atoms with Crippen LogP contribution in [0, 0.1) is 6.57 Å². The molecule has 0 unspecified atom stereocenters. The number of ether oxygens (including phenoxy) is 1. The van der Waals surface area contributed by atoms with Crippen LogP contribution in [0.1, 0.15) is 22.8 Å². The van der Waals surface area contributed by atoms with E-state index in [0.717, 1.165) is 5.56 Å². The monoisotopic (exact) mass is 246 g/mol. The Balaban J connectivity index is 2.53. The first-order valence-electron chi connectivity index (χ1n) is 5.53. The topological polar surface area (TPSA) is 59.8 Å². The van der Waals surface area contributed by atoms with Gasteiger partial charge in [-0.05, 0) is 24.6 Å². The fraction of sp³-hybridized carbons (Fsp3) is 0.308. The molecule has 0 radical (unpaired) electrons. The molecule has 0 saturated carbocycles. The molecular formula is C13H14N2O3. The van der Waals surface area contributed by atoms with E-state index in [-0.39, 0.29) is 18.4 Å². The fourth-order valence-corrected chi connectivity index (χ4v) is 1.30. The second-order valence-electron chi connectivity index (χ2n) is 3.51. The smallest absolute Gasteiger partial charge is 0.338 e. The van der Waals surface area contributed by atoms with E-state index < -0.39 is 0 Å². The van der Waals surface area contributed by atoms with Crippen molar-refractivity contribution in [3.63, 3.8) is 0 Å². The zero-order valence-electron chi connectivity index (χ0n) is 10.1. The Morgan fingerprint density at radius 2 is 2.00 bits per heavy atom. The summed E-state index contributed by atoms with van der Waals surface area (Å²) in [5.41, 5.74) is 1.34. The largest absolute Gasteiger partial charge is 0.462 e. The number of benzene rings is 1. The van der Waals surface area contributed by atoms with Gasteiger partial charge in [0.1, 0.15) is 0 Å². The van der Waals surface area contributed by atoms with Crippen LogP contribution in [0.25, 0.3) is 4.85 Å². The molecule has 0 aliphatic carbocycles. The van der Waals surface area contributed by atoms with Gasteiger partial charge < -0.3 is 14.9 Å². The Morgan fingerprint density at radius 1 is 1.33 bits per heavy atom. The van der Waals surface area contributed by atoms with Crippen LogP contribution in [0.15, 0.2) is 24.3 Å². The molecule has 1 N–H and O–H groups in total. The first-order chi connectivity index (χ1) is 8.67. The highest BCUT2D eigenvalue weighted by molar-refractivity contribution is 5.89. The third-order valence-corrected chi connectivity index (χ3v) is 2.18. The first-order valence-corrected chi connectivity index (χ1v) is 5.53. The standard InChI is InChI=1S/C13H14N2O3/c1-3-18-13(17)11-6-4-10(5-7-11)8-15-12(16)9-14-2/h4-7H,3,8-9H2,1H3,(H,15,16). The minimum absolute atomic E-state index is 0.166. The van der Waals surface area contributed by atoms with E-state index in [9.17, 15) is 9.59 Å². The number of hydrogen-bond acceptors (Lipinski definition) is 3. The zero-order valence-corrected chi connectivity index (χ0v) is 10.1. The van der Waals surface area contributed by atoms with Crippen molar-refractivity contribution in [1.29, 1.82) is 0 Å². The molecule has 0 aliphatic heterocycles. The molecule has 0 bridgehead atoms. The third-order valence-electron chi connectivity index (χ3n) is 2.18. The van der Waals surface area contributed by atoms with Crippen LogP contribution in [-0.2, 0) is 16.1 Å². The summed E-state index contributed by atoms with van der Waals surface area (Å²) in [5, 5.41) is 2.60. The van der Waals surface area contributed by atoms with Crippen LogP contribution in [0.3, 0.4) is 0 Å². The summed E-state index contributed by atoms with van der Waals surface area (Å²) < 4.78 is 4.86. The molecule has 5 nitrogen and oxygen atoms in total. The lowest BCUT2D eigenvalue weighted by atomic mass is 10.1. The summed E-state index contributed by atoms with van der Waals surface area (Å²) in [4.78, 5) is 25.4. The van der Waals surface area contributed by atoms with Gasteiger partial charge in [0.05, 0.1) is 12.2 Å². The van der Waals surface area contributed by atoms with E-state index in [1.807, 2.05) is 0 Å². The van der Waals surface area contributed by atoms with E-state index in [0.29, 0.717) is 18.7 Å². The first kappa shape index (κ1) is 13.7. The van der Waals surface area contributed by atoms with Gasteiger partial charge in [0.2, 0.25) is 0 Å². The molecule has 1 aromatic rings. The predicted molar refractivity (Wildman–Crippen MR) is 65.7 cm³/mol. The van der Waals surface area contributed by atoms with Crippen LogP contribution in [0.5, 0.6) is 0 Å². The summed E-state index contributed by atoms with van der Waals surface area (Å²) in [6, 6.07) is 6.78. The maximum atomic E-state index is 11.4. The van der Waals surface area contributed by atoms with Gasteiger partial charge in [-0.1, -0.05) is 12.1 Å². The Labute approximate surface area is 106 Å². The second kappa shape index (κ2) is 7.07. The minimum atomic E-state index is -0.360. The predicted octanol–water partition coefficient (Wildman–Crippen LogP) is 1.40. The SMILES string of the molecule is [C-]#[N+]CC(=O)NCc1ccc(C(=O)OCC)cc1. The molecule has 0 atom stereocenters. The number of esters is 1. The summed E-state index contributed by atoms with van der Waals surface area (Å²) >= 11 is 0. The molecule has 0 fully saturated rings. The number of rotatable bonds is 5. The number of hydrogen-bond donors (Lipinski definition) is 1. The van der Waals surface area contributed by atoms with Crippen molar-refractivity contribution in [2.45, 2.75) is 13.5 Å². The summed E-state index contributed by atoms with van der Waals surface area (Å²) in [6.07, 6.45) is 0. The van der Waals surface area contributed by atoms with Crippen molar-refractivity contribution in [2.24, 2.45) is 0 Å². The molecular weight excluding hydrogens is 232 g/mol. The van der Waals surface area contributed by atoms with Crippen molar-refractivity contribution in [3.05, 3.63) is 46.8 Å². The van der Waals surface area contributed by atoms with Crippen molar-refractivity contribution in [2.75, 3.05) is 13.2 Å². The molecule has 0 saturated heterocycles. The molecule has 1 aromatic carbocycles. The number of amides is 1. The van der Waals surface area contributed by atoms with Gasteiger partial charge in [-0.3, -0.25) is 4.79 Å². The second-order valence-corrected chi connectivity index (χ2v) is 3.51. The summed E-state index contributed by atoms with van der Waals surface area (Å²) in [6.45, 7) is 8.81. The zero-order chi connectivity index (χ0) is 13.4. The molecule has 1 rings (SSSR count). The van der Waals surface area contributed by atoms with E-state index in [1.54, 1.807) is 31.2 Å². The van der Waals surface area contributed by atoms with Crippen molar-refractivity contribution in [1.82, 2.24) is 5.32 Å². The quantitative estimate of drug-likeness (QED) is 0.631. The number of carbonyl (C=O) groups is 2. The Morgan fingerprint density at radius 3 is 2.56 bits per heavy atom. The minimum Gasteiger partial charge on any atom is -0.462 e. The Bertz CT molecular complexity index is 460. The van der Waals surface area contributed by atoms with Crippen LogP contribution in [0.4, 0.5) is 0 Å². The van der Waals surface area contributed by atoms with Gasteiger partial charge in [0, 0.05) is 6.54 Å². The normalized spacial score (nSPS) is 9.33. The highest BCUT2D eigenvalue weighted by Gasteiger charge is 2.06. The van der Waals surface area contributed by atoms with Crippen molar-refractivity contribution in [3.8, 4) is 0 Å². The van der Waals surface area contributed by atoms with E-state index in [4.69, 9.17) is 11.3 Å². The molecule has 0 aliphatic rings. The molecule has 0 aromatic heterocycles. The van der Waals surface area contributed by atoms with Gasteiger partial charge in [-0.25, -0.2) is 11.4 Å². The highest BCUT2D eigenvalue weighted by Crippen LogP contribution is 2.05. The van der Waals surface area contributed by atoms with Gasteiger partial charge >= 0.3 is 5.97 Å². The highest BCUT2D eigenvalue weighted by atomic mass is 16.5. The molecule has 94 valence electrons.